The van der Waals surface area contributed by atoms with Gasteiger partial charge in [0.2, 0.25) is 0 Å². The van der Waals surface area contributed by atoms with Crippen molar-refractivity contribution in [2.45, 2.75) is 19.8 Å². The SMILES string of the molecule is CCC(CNC(=O)C(F)F)C(=O)CBr. The second kappa shape index (κ2) is 6.86. The highest BCUT2D eigenvalue weighted by Crippen LogP contribution is 2.05. The Kier molecular flexibility index (Phi) is 6.61. The molecule has 0 aliphatic heterocycles. The lowest BCUT2D eigenvalue weighted by molar-refractivity contribution is -0.132. The van der Waals surface area contributed by atoms with Crippen LogP contribution < -0.4 is 5.32 Å². The lowest BCUT2D eigenvalue weighted by Gasteiger charge is -2.12. The Morgan fingerprint density at radius 3 is 2.36 bits per heavy atom. The summed E-state index contributed by atoms with van der Waals surface area (Å²) in [4.78, 5) is 21.6. The van der Waals surface area contributed by atoms with Crippen molar-refractivity contribution < 1.29 is 18.4 Å². The molecular weight excluding hydrogens is 260 g/mol. The van der Waals surface area contributed by atoms with Crippen molar-refractivity contribution in [2.24, 2.45) is 5.92 Å². The Hall–Kier alpha value is -0.520. The summed E-state index contributed by atoms with van der Waals surface area (Å²) in [6.07, 6.45) is -2.50. The van der Waals surface area contributed by atoms with Gasteiger partial charge in [0.15, 0.2) is 0 Å². The van der Waals surface area contributed by atoms with Gasteiger partial charge < -0.3 is 5.32 Å². The van der Waals surface area contributed by atoms with E-state index < -0.39 is 18.3 Å². The van der Waals surface area contributed by atoms with E-state index in [1.54, 1.807) is 6.92 Å². The van der Waals surface area contributed by atoms with E-state index in [1.165, 1.54) is 0 Å². The first kappa shape index (κ1) is 13.5. The molecule has 0 radical (unpaired) electrons. The van der Waals surface area contributed by atoms with Gasteiger partial charge in [0.05, 0.1) is 5.33 Å². The quantitative estimate of drug-likeness (QED) is 0.742. The molecular formula is C8H12BrF2NO2. The smallest absolute Gasteiger partial charge is 0.315 e. The first-order valence-corrected chi connectivity index (χ1v) is 5.29. The molecule has 0 aromatic rings. The highest BCUT2D eigenvalue weighted by molar-refractivity contribution is 9.09. The van der Waals surface area contributed by atoms with Gasteiger partial charge >= 0.3 is 6.43 Å². The fraction of sp³-hybridized carbons (Fsp3) is 0.750. The maximum atomic E-state index is 11.8. The topological polar surface area (TPSA) is 46.2 Å². The molecule has 0 rings (SSSR count). The monoisotopic (exact) mass is 271 g/mol. The standard InChI is InChI=1S/C8H12BrF2NO2/c1-2-5(6(13)3-9)4-12-8(14)7(10)11/h5,7H,2-4H2,1H3,(H,12,14). The third kappa shape index (κ3) is 4.64. The van der Waals surface area contributed by atoms with Crippen LogP contribution in [-0.4, -0.2) is 30.0 Å². The lowest BCUT2D eigenvalue weighted by atomic mass is 10.0. The molecule has 1 unspecified atom stereocenters. The summed E-state index contributed by atoms with van der Waals surface area (Å²) < 4.78 is 23.5. The Labute approximate surface area is 89.4 Å². The van der Waals surface area contributed by atoms with Crippen LogP contribution in [0.4, 0.5) is 8.78 Å². The molecule has 0 spiro atoms. The first-order chi connectivity index (χ1) is 6.52. The summed E-state index contributed by atoms with van der Waals surface area (Å²) in [5.74, 6) is -1.81. The number of rotatable bonds is 6. The van der Waals surface area contributed by atoms with Crippen molar-refractivity contribution in [1.29, 1.82) is 0 Å². The number of hydrogen-bond acceptors (Lipinski definition) is 2. The first-order valence-electron chi connectivity index (χ1n) is 4.17. The number of amides is 1. The molecule has 3 nitrogen and oxygen atoms in total. The fourth-order valence-electron chi connectivity index (χ4n) is 0.896. The number of carbonyl (C=O) groups excluding carboxylic acids is 2. The predicted octanol–water partition coefficient (Wildman–Crippen LogP) is 1.36. The fourth-order valence-corrected chi connectivity index (χ4v) is 1.35. The van der Waals surface area contributed by atoms with Crippen LogP contribution in [0.5, 0.6) is 0 Å². The van der Waals surface area contributed by atoms with Gasteiger partial charge in [0.25, 0.3) is 5.91 Å². The van der Waals surface area contributed by atoms with Gasteiger partial charge in [-0.05, 0) is 6.42 Å². The van der Waals surface area contributed by atoms with E-state index in [4.69, 9.17) is 0 Å². The molecule has 6 heteroatoms. The summed E-state index contributed by atoms with van der Waals surface area (Å²) in [5.41, 5.74) is 0. The number of Topliss-reactive ketones (excluding diaryl/α,β-unsaturated/α-hetero) is 1. The molecule has 0 bridgehead atoms. The lowest BCUT2D eigenvalue weighted by Crippen LogP contribution is -2.36. The Bertz CT molecular complexity index is 212. The number of hydrogen-bond donors (Lipinski definition) is 1. The molecule has 0 aromatic heterocycles. The Morgan fingerprint density at radius 2 is 2.00 bits per heavy atom. The van der Waals surface area contributed by atoms with E-state index in [1.807, 2.05) is 5.32 Å². The van der Waals surface area contributed by atoms with Crippen LogP contribution in [0.15, 0.2) is 0 Å². The number of nitrogens with one attached hydrogen (secondary N) is 1. The molecule has 1 N–H and O–H groups in total. The maximum absolute atomic E-state index is 11.8. The molecule has 0 heterocycles. The molecule has 14 heavy (non-hydrogen) atoms. The second-order valence-corrected chi connectivity index (χ2v) is 3.31. The van der Waals surface area contributed by atoms with E-state index in [9.17, 15) is 18.4 Å². The number of alkyl halides is 3. The highest BCUT2D eigenvalue weighted by Gasteiger charge is 2.19. The largest absolute Gasteiger partial charge is 0.350 e. The number of carbonyl (C=O) groups is 2. The number of halogens is 3. The van der Waals surface area contributed by atoms with Crippen molar-refractivity contribution in [1.82, 2.24) is 5.32 Å². The van der Waals surface area contributed by atoms with Gasteiger partial charge in [-0.15, -0.1) is 0 Å². The van der Waals surface area contributed by atoms with Crippen LogP contribution in [-0.2, 0) is 9.59 Å². The van der Waals surface area contributed by atoms with Gasteiger partial charge in [-0.25, -0.2) is 0 Å². The summed E-state index contributed by atoms with van der Waals surface area (Å²) in [7, 11) is 0. The zero-order chi connectivity index (χ0) is 11.1. The molecule has 1 amide bonds. The van der Waals surface area contributed by atoms with Crippen LogP contribution >= 0.6 is 15.9 Å². The summed E-state index contributed by atoms with van der Waals surface area (Å²) in [6, 6.07) is 0. The van der Waals surface area contributed by atoms with Crippen LogP contribution in [0, 0.1) is 5.92 Å². The van der Waals surface area contributed by atoms with Gasteiger partial charge in [-0.3, -0.25) is 9.59 Å². The van der Waals surface area contributed by atoms with E-state index in [2.05, 4.69) is 15.9 Å². The average Bonchev–Trinajstić information content (AvgIpc) is 2.17. The average molecular weight is 272 g/mol. The van der Waals surface area contributed by atoms with Gasteiger partial charge in [0.1, 0.15) is 5.78 Å². The highest BCUT2D eigenvalue weighted by atomic mass is 79.9. The van der Waals surface area contributed by atoms with E-state index in [0.717, 1.165) is 0 Å². The molecule has 0 aliphatic carbocycles. The van der Waals surface area contributed by atoms with Gasteiger partial charge in [-0.2, -0.15) is 8.78 Å². The van der Waals surface area contributed by atoms with E-state index >= 15 is 0 Å². The zero-order valence-corrected chi connectivity index (χ0v) is 9.31. The molecule has 0 aliphatic rings. The van der Waals surface area contributed by atoms with Crippen molar-refractivity contribution in [2.75, 3.05) is 11.9 Å². The Balaban J connectivity index is 3.96. The zero-order valence-electron chi connectivity index (χ0n) is 7.73. The third-order valence-electron chi connectivity index (χ3n) is 1.80. The minimum absolute atomic E-state index is 0.0237. The summed E-state index contributed by atoms with van der Waals surface area (Å²) >= 11 is 2.98. The van der Waals surface area contributed by atoms with E-state index in [0.29, 0.717) is 6.42 Å². The third-order valence-corrected chi connectivity index (χ3v) is 2.35. The normalized spacial score (nSPS) is 12.6. The van der Waals surface area contributed by atoms with Crippen molar-refractivity contribution in [3.05, 3.63) is 0 Å². The van der Waals surface area contributed by atoms with Crippen molar-refractivity contribution >= 4 is 27.6 Å². The summed E-state index contributed by atoms with van der Waals surface area (Å²) in [5, 5.41) is 2.19. The van der Waals surface area contributed by atoms with Crippen LogP contribution in [0.25, 0.3) is 0 Å². The molecule has 1 atom stereocenters. The molecule has 0 aromatic carbocycles. The van der Waals surface area contributed by atoms with Crippen LogP contribution in [0.2, 0.25) is 0 Å². The van der Waals surface area contributed by atoms with Crippen molar-refractivity contribution in [3.63, 3.8) is 0 Å². The molecule has 82 valence electrons. The number of ketones is 1. The van der Waals surface area contributed by atoms with Gasteiger partial charge in [-0.1, -0.05) is 22.9 Å². The molecule has 0 saturated carbocycles. The predicted molar refractivity (Wildman–Crippen MR) is 51.6 cm³/mol. The minimum Gasteiger partial charge on any atom is -0.350 e. The van der Waals surface area contributed by atoms with Crippen molar-refractivity contribution in [3.8, 4) is 0 Å². The maximum Gasteiger partial charge on any atom is 0.315 e. The van der Waals surface area contributed by atoms with E-state index in [-0.39, 0.29) is 17.7 Å². The van der Waals surface area contributed by atoms with Gasteiger partial charge in [0, 0.05) is 12.5 Å². The second-order valence-electron chi connectivity index (χ2n) is 2.75. The molecule has 0 fully saturated rings. The van der Waals surface area contributed by atoms with Crippen LogP contribution in [0.1, 0.15) is 13.3 Å². The van der Waals surface area contributed by atoms with Crippen LogP contribution in [0.3, 0.4) is 0 Å². The molecule has 0 saturated heterocycles. The minimum atomic E-state index is -3.02. The Morgan fingerprint density at radius 1 is 1.43 bits per heavy atom. The summed E-state index contributed by atoms with van der Waals surface area (Å²) in [6.45, 7) is 1.74.